The van der Waals surface area contributed by atoms with Gasteiger partial charge in [0.2, 0.25) is 10.0 Å². The van der Waals surface area contributed by atoms with Crippen molar-refractivity contribution in [3.8, 4) is 0 Å². The van der Waals surface area contributed by atoms with Gasteiger partial charge in [-0.25, -0.2) is 13.2 Å². The first-order chi connectivity index (χ1) is 10.6. The molecule has 23 heavy (non-hydrogen) atoms. The van der Waals surface area contributed by atoms with Gasteiger partial charge in [-0.1, -0.05) is 12.1 Å². The fraction of sp³-hybridized carbons (Fsp3) is 0.533. The maximum Gasteiger partial charge on any atom is 0.407 e. The molecule has 0 aromatic heterocycles. The van der Waals surface area contributed by atoms with Gasteiger partial charge in [-0.15, -0.1) is 0 Å². The summed E-state index contributed by atoms with van der Waals surface area (Å²) in [5.74, 6) is 0. The molecule has 128 valence electrons. The molecule has 1 heterocycles. The van der Waals surface area contributed by atoms with E-state index in [2.05, 4.69) is 21.2 Å². The van der Waals surface area contributed by atoms with E-state index in [0.29, 0.717) is 17.4 Å². The highest BCUT2D eigenvalue weighted by Crippen LogP contribution is 2.27. The highest BCUT2D eigenvalue weighted by Gasteiger charge is 2.34. The molecule has 8 heteroatoms. The van der Waals surface area contributed by atoms with Crippen molar-refractivity contribution in [1.82, 2.24) is 9.62 Å². The summed E-state index contributed by atoms with van der Waals surface area (Å²) >= 11 is 3.27. The van der Waals surface area contributed by atoms with Gasteiger partial charge in [0.15, 0.2) is 0 Å². The summed E-state index contributed by atoms with van der Waals surface area (Å²) in [7, 11) is -3.58. The number of nitrogens with zero attached hydrogens (tertiary/aromatic N) is 1. The number of amides is 1. The summed E-state index contributed by atoms with van der Waals surface area (Å²) in [6.07, 6.45) is 0.0331. The van der Waals surface area contributed by atoms with Crippen LogP contribution in [0.2, 0.25) is 0 Å². The van der Waals surface area contributed by atoms with Crippen LogP contribution < -0.4 is 5.32 Å². The Morgan fingerprint density at radius 3 is 2.61 bits per heavy atom. The zero-order chi connectivity index (χ0) is 17.3. The number of hydrogen-bond acceptors (Lipinski definition) is 4. The maximum atomic E-state index is 12.7. The number of sulfonamides is 1. The van der Waals surface area contributed by atoms with Crippen molar-refractivity contribution < 1.29 is 17.9 Å². The zero-order valence-corrected chi connectivity index (χ0v) is 15.8. The molecule has 2 rings (SSSR count). The van der Waals surface area contributed by atoms with Crippen LogP contribution in [0.3, 0.4) is 0 Å². The van der Waals surface area contributed by atoms with E-state index in [1.165, 1.54) is 4.31 Å². The predicted molar refractivity (Wildman–Crippen MR) is 90.7 cm³/mol. The van der Waals surface area contributed by atoms with Gasteiger partial charge in [0, 0.05) is 23.6 Å². The Balaban J connectivity index is 2.03. The lowest BCUT2D eigenvalue weighted by molar-refractivity contribution is 0.0507. The van der Waals surface area contributed by atoms with E-state index in [1.807, 2.05) is 0 Å². The lowest BCUT2D eigenvalue weighted by Crippen LogP contribution is -2.41. The van der Waals surface area contributed by atoms with Gasteiger partial charge < -0.3 is 10.1 Å². The highest BCUT2D eigenvalue weighted by molar-refractivity contribution is 9.10. The number of ether oxygens (including phenoxy) is 1. The third kappa shape index (κ3) is 4.68. The van der Waals surface area contributed by atoms with Crippen LogP contribution in [-0.2, 0) is 14.8 Å². The number of alkyl carbamates (subject to hydrolysis) is 1. The summed E-state index contributed by atoms with van der Waals surface area (Å²) in [5, 5.41) is 2.72. The Labute approximate surface area is 145 Å². The number of benzene rings is 1. The number of halogens is 1. The molecular formula is C15H21BrN2O4S. The van der Waals surface area contributed by atoms with Crippen LogP contribution >= 0.6 is 15.9 Å². The molecule has 0 radical (unpaired) electrons. The van der Waals surface area contributed by atoms with E-state index >= 15 is 0 Å². The third-order valence-electron chi connectivity index (χ3n) is 3.33. The third-order valence-corrected chi connectivity index (χ3v) is 6.20. The molecule has 0 saturated carbocycles. The average molecular weight is 405 g/mol. The van der Waals surface area contributed by atoms with Crippen LogP contribution in [0.15, 0.2) is 33.6 Å². The number of nitrogens with one attached hydrogen (secondary N) is 1. The monoisotopic (exact) mass is 404 g/mol. The predicted octanol–water partition coefficient (Wildman–Crippen LogP) is 2.74. The van der Waals surface area contributed by atoms with Crippen molar-refractivity contribution in [3.05, 3.63) is 28.7 Å². The molecule has 1 fully saturated rings. The molecule has 1 N–H and O–H groups in total. The molecule has 1 aromatic rings. The maximum absolute atomic E-state index is 12.7. The topological polar surface area (TPSA) is 75.7 Å². The first-order valence-corrected chi connectivity index (χ1v) is 9.57. The number of rotatable bonds is 3. The van der Waals surface area contributed by atoms with Crippen LogP contribution in [0.1, 0.15) is 27.2 Å². The number of carbonyl (C=O) groups is 1. The Morgan fingerprint density at radius 1 is 1.35 bits per heavy atom. The Morgan fingerprint density at radius 2 is 2.00 bits per heavy atom. The van der Waals surface area contributed by atoms with Gasteiger partial charge in [-0.05, 0) is 55.3 Å². The minimum absolute atomic E-state index is 0.234. The molecule has 6 nitrogen and oxygen atoms in total. The van der Waals surface area contributed by atoms with E-state index in [-0.39, 0.29) is 17.5 Å². The molecule has 1 atom stereocenters. The van der Waals surface area contributed by atoms with Crippen LogP contribution in [0.25, 0.3) is 0 Å². The van der Waals surface area contributed by atoms with Crippen molar-refractivity contribution in [2.45, 2.75) is 43.7 Å². The molecular weight excluding hydrogens is 384 g/mol. The number of carbonyl (C=O) groups excluding carboxylic acids is 1. The van der Waals surface area contributed by atoms with Crippen molar-refractivity contribution >= 4 is 32.0 Å². The Kier molecular flexibility index (Phi) is 5.37. The molecule has 0 aliphatic carbocycles. The Bertz CT molecular complexity index is 685. The van der Waals surface area contributed by atoms with Crippen LogP contribution in [0.4, 0.5) is 4.79 Å². The summed E-state index contributed by atoms with van der Waals surface area (Å²) in [6, 6.07) is 6.46. The molecule has 1 amide bonds. The highest BCUT2D eigenvalue weighted by atomic mass is 79.9. The minimum Gasteiger partial charge on any atom is -0.444 e. The molecule has 0 spiro atoms. The number of hydrogen-bond donors (Lipinski definition) is 1. The molecule has 1 saturated heterocycles. The summed E-state index contributed by atoms with van der Waals surface area (Å²) in [4.78, 5) is 12.0. The van der Waals surface area contributed by atoms with Gasteiger partial charge >= 0.3 is 6.09 Å². The molecule has 1 aliphatic heterocycles. The van der Waals surface area contributed by atoms with Crippen LogP contribution in [0, 0.1) is 0 Å². The summed E-state index contributed by atoms with van der Waals surface area (Å²) in [5.41, 5.74) is -0.580. The summed E-state index contributed by atoms with van der Waals surface area (Å²) < 4.78 is 32.4. The van der Waals surface area contributed by atoms with E-state index in [0.717, 1.165) is 0 Å². The van der Waals surface area contributed by atoms with Gasteiger partial charge in [0.25, 0.3) is 0 Å². The lowest BCUT2D eigenvalue weighted by atomic mass is 10.2. The van der Waals surface area contributed by atoms with E-state index in [1.54, 1.807) is 45.0 Å². The van der Waals surface area contributed by atoms with E-state index < -0.39 is 21.7 Å². The van der Waals surface area contributed by atoms with Crippen molar-refractivity contribution in [1.29, 1.82) is 0 Å². The van der Waals surface area contributed by atoms with Crippen molar-refractivity contribution in [2.75, 3.05) is 13.1 Å². The zero-order valence-electron chi connectivity index (χ0n) is 13.4. The van der Waals surface area contributed by atoms with Gasteiger partial charge in [-0.2, -0.15) is 4.31 Å². The second-order valence-electron chi connectivity index (χ2n) is 6.43. The first-order valence-electron chi connectivity index (χ1n) is 7.34. The van der Waals surface area contributed by atoms with E-state index in [4.69, 9.17) is 4.74 Å². The Hall–Kier alpha value is -1.12. The molecule has 0 bridgehead atoms. The fourth-order valence-corrected chi connectivity index (χ4v) is 4.80. The molecule has 1 aliphatic rings. The SMILES string of the molecule is CC(C)(C)OC(=O)N[C@@H]1CCN(S(=O)(=O)c2ccccc2Br)C1. The normalized spacial score (nSPS) is 19.6. The first kappa shape index (κ1) is 18.2. The van der Waals surface area contributed by atoms with Gasteiger partial charge in [-0.3, -0.25) is 0 Å². The van der Waals surface area contributed by atoms with Crippen molar-refractivity contribution in [3.63, 3.8) is 0 Å². The smallest absolute Gasteiger partial charge is 0.407 e. The van der Waals surface area contributed by atoms with Crippen molar-refractivity contribution in [2.24, 2.45) is 0 Å². The molecule has 1 aromatic carbocycles. The average Bonchev–Trinajstić information content (AvgIpc) is 2.85. The quantitative estimate of drug-likeness (QED) is 0.839. The van der Waals surface area contributed by atoms with E-state index in [9.17, 15) is 13.2 Å². The standard InChI is InChI=1S/C15H21BrN2O4S/c1-15(2,3)22-14(19)17-11-8-9-18(10-11)23(20,21)13-7-5-4-6-12(13)16/h4-7,11H,8-10H2,1-3H3,(H,17,19)/t11-/m1/s1. The van der Waals surface area contributed by atoms with Gasteiger partial charge in [0.1, 0.15) is 5.60 Å². The lowest BCUT2D eigenvalue weighted by Gasteiger charge is -2.22. The fourth-order valence-electron chi connectivity index (χ4n) is 2.33. The van der Waals surface area contributed by atoms with Crippen LogP contribution in [0.5, 0.6) is 0 Å². The summed E-state index contributed by atoms with van der Waals surface area (Å²) in [6.45, 7) is 5.95. The van der Waals surface area contributed by atoms with Crippen LogP contribution in [-0.4, -0.2) is 43.5 Å². The second kappa shape index (κ2) is 6.78. The molecule has 0 unspecified atom stereocenters. The second-order valence-corrected chi connectivity index (χ2v) is 9.19. The minimum atomic E-state index is -3.58. The largest absolute Gasteiger partial charge is 0.444 e. The van der Waals surface area contributed by atoms with Gasteiger partial charge in [0.05, 0.1) is 4.90 Å².